The molecule has 0 aromatic heterocycles. The Labute approximate surface area is 103 Å². The van der Waals surface area contributed by atoms with E-state index in [1.54, 1.807) is 6.08 Å². The number of ether oxygens (including phenoxy) is 1. The third kappa shape index (κ3) is 4.48. The van der Waals surface area contributed by atoms with E-state index in [1.807, 2.05) is 6.08 Å². The standard InChI is InChI=1S/C13H22N2O2/c16-13(14-12-5-4-10-17-11-12)6-3-9-15-7-1-2-8-15/h3,6,12H,1-2,4-5,7-11H2,(H,14,16)/b6-3+. The van der Waals surface area contributed by atoms with Gasteiger partial charge in [-0.2, -0.15) is 0 Å². The molecule has 1 N–H and O–H groups in total. The van der Waals surface area contributed by atoms with Crippen molar-refractivity contribution < 1.29 is 9.53 Å². The Balaban J connectivity index is 1.63. The van der Waals surface area contributed by atoms with Crippen molar-refractivity contribution in [1.29, 1.82) is 0 Å². The highest BCUT2D eigenvalue weighted by Crippen LogP contribution is 2.07. The molecule has 0 aliphatic carbocycles. The SMILES string of the molecule is O=C(/C=C/CN1CCCC1)NC1CCCOC1. The number of amides is 1. The second-order valence-corrected chi connectivity index (χ2v) is 4.83. The van der Waals surface area contributed by atoms with Crippen LogP contribution < -0.4 is 5.32 Å². The number of rotatable bonds is 4. The summed E-state index contributed by atoms with van der Waals surface area (Å²) in [6.07, 6.45) is 8.28. The summed E-state index contributed by atoms with van der Waals surface area (Å²) in [7, 11) is 0. The molecule has 17 heavy (non-hydrogen) atoms. The molecule has 2 aliphatic heterocycles. The molecular formula is C13H22N2O2. The maximum Gasteiger partial charge on any atom is 0.244 e. The zero-order valence-corrected chi connectivity index (χ0v) is 10.4. The van der Waals surface area contributed by atoms with Gasteiger partial charge in [0, 0.05) is 19.2 Å². The van der Waals surface area contributed by atoms with Crippen LogP contribution in [0.4, 0.5) is 0 Å². The Hall–Kier alpha value is -0.870. The van der Waals surface area contributed by atoms with Crippen LogP contribution >= 0.6 is 0 Å². The lowest BCUT2D eigenvalue weighted by Gasteiger charge is -2.22. The van der Waals surface area contributed by atoms with Crippen LogP contribution in [0.25, 0.3) is 0 Å². The zero-order valence-electron chi connectivity index (χ0n) is 10.4. The Kier molecular flexibility index (Phi) is 5.01. The van der Waals surface area contributed by atoms with Crippen molar-refractivity contribution in [3.63, 3.8) is 0 Å². The number of carbonyl (C=O) groups is 1. The Morgan fingerprint density at radius 2 is 2.18 bits per heavy atom. The lowest BCUT2D eigenvalue weighted by Crippen LogP contribution is -2.39. The van der Waals surface area contributed by atoms with E-state index in [2.05, 4.69) is 10.2 Å². The van der Waals surface area contributed by atoms with E-state index in [1.165, 1.54) is 25.9 Å². The summed E-state index contributed by atoms with van der Waals surface area (Å²) < 4.78 is 5.32. The number of hydrogen-bond acceptors (Lipinski definition) is 3. The molecule has 4 heteroatoms. The maximum absolute atomic E-state index is 11.6. The van der Waals surface area contributed by atoms with Gasteiger partial charge in [0.15, 0.2) is 0 Å². The molecular weight excluding hydrogens is 216 g/mol. The number of likely N-dealkylation sites (tertiary alicyclic amines) is 1. The molecule has 2 aliphatic rings. The quantitative estimate of drug-likeness (QED) is 0.741. The minimum absolute atomic E-state index is 0.0136. The van der Waals surface area contributed by atoms with Gasteiger partial charge in [0.2, 0.25) is 5.91 Å². The molecule has 0 aromatic rings. The van der Waals surface area contributed by atoms with Gasteiger partial charge in [-0.15, -0.1) is 0 Å². The van der Waals surface area contributed by atoms with Crippen LogP contribution in [-0.4, -0.2) is 49.7 Å². The molecule has 0 spiro atoms. The molecule has 96 valence electrons. The molecule has 0 radical (unpaired) electrons. The van der Waals surface area contributed by atoms with E-state index in [9.17, 15) is 4.79 Å². The zero-order chi connectivity index (χ0) is 11.9. The van der Waals surface area contributed by atoms with Crippen LogP contribution in [0.1, 0.15) is 25.7 Å². The lowest BCUT2D eigenvalue weighted by molar-refractivity contribution is -0.118. The topological polar surface area (TPSA) is 41.6 Å². The average Bonchev–Trinajstić information content (AvgIpc) is 2.83. The summed E-state index contributed by atoms with van der Waals surface area (Å²) in [5, 5.41) is 2.97. The van der Waals surface area contributed by atoms with E-state index in [0.29, 0.717) is 6.61 Å². The first-order valence-corrected chi connectivity index (χ1v) is 6.62. The van der Waals surface area contributed by atoms with Gasteiger partial charge in [0.1, 0.15) is 0 Å². The first kappa shape index (κ1) is 12.6. The van der Waals surface area contributed by atoms with Gasteiger partial charge >= 0.3 is 0 Å². The van der Waals surface area contributed by atoms with Crippen molar-refractivity contribution in [3.8, 4) is 0 Å². The largest absolute Gasteiger partial charge is 0.379 e. The summed E-state index contributed by atoms with van der Waals surface area (Å²) >= 11 is 0. The van der Waals surface area contributed by atoms with Crippen molar-refractivity contribution in [3.05, 3.63) is 12.2 Å². The highest BCUT2D eigenvalue weighted by molar-refractivity contribution is 5.87. The van der Waals surface area contributed by atoms with Crippen molar-refractivity contribution in [2.45, 2.75) is 31.7 Å². The molecule has 1 unspecified atom stereocenters. The third-order valence-electron chi connectivity index (χ3n) is 3.34. The predicted octanol–water partition coefficient (Wildman–Crippen LogP) is 0.934. The smallest absolute Gasteiger partial charge is 0.244 e. The Bertz CT molecular complexity index is 267. The fourth-order valence-electron chi connectivity index (χ4n) is 2.38. The molecule has 1 amide bonds. The van der Waals surface area contributed by atoms with E-state index in [-0.39, 0.29) is 11.9 Å². The molecule has 1 atom stereocenters. The number of hydrogen-bond donors (Lipinski definition) is 1. The monoisotopic (exact) mass is 238 g/mol. The minimum Gasteiger partial charge on any atom is -0.379 e. The Morgan fingerprint density at radius 1 is 1.35 bits per heavy atom. The number of carbonyl (C=O) groups excluding carboxylic acids is 1. The molecule has 2 rings (SSSR count). The van der Waals surface area contributed by atoms with Crippen LogP contribution in [0.15, 0.2) is 12.2 Å². The Morgan fingerprint density at radius 3 is 2.88 bits per heavy atom. The second-order valence-electron chi connectivity index (χ2n) is 4.83. The van der Waals surface area contributed by atoms with Gasteiger partial charge in [-0.05, 0) is 38.8 Å². The van der Waals surface area contributed by atoms with Crippen molar-refractivity contribution in [2.24, 2.45) is 0 Å². The van der Waals surface area contributed by atoms with Gasteiger partial charge in [0.05, 0.1) is 12.6 Å². The van der Waals surface area contributed by atoms with E-state index >= 15 is 0 Å². The molecule has 2 heterocycles. The van der Waals surface area contributed by atoms with Gasteiger partial charge in [-0.25, -0.2) is 0 Å². The molecule has 2 saturated heterocycles. The number of nitrogens with one attached hydrogen (secondary N) is 1. The predicted molar refractivity (Wildman–Crippen MR) is 66.8 cm³/mol. The van der Waals surface area contributed by atoms with Crippen LogP contribution in [0, 0.1) is 0 Å². The van der Waals surface area contributed by atoms with Gasteiger partial charge < -0.3 is 10.1 Å². The summed E-state index contributed by atoms with van der Waals surface area (Å²) in [6, 6.07) is 0.202. The van der Waals surface area contributed by atoms with E-state index in [4.69, 9.17) is 4.74 Å². The van der Waals surface area contributed by atoms with E-state index in [0.717, 1.165) is 26.0 Å². The van der Waals surface area contributed by atoms with Gasteiger partial charge in [0.25, 0.3) is 0 Å². The molecule has 0 aromatic carbocycles. The molecule has 0 bridgehead atoms. The maximum atomic E-state index is 11.6. The summed E-state index contributed by atoms with van der Waals surface area (Å²) in [6.45, 7) is 4.72. The minimum atomic E-state index is 0.0136. The number of nitrogens with zero attached hydrogens (tertiary/aromatic N) is 1. The third-order valence-corrected chi connectivity index (χ3v) is 3.34. The van der Waals surface area contributed by atoms with E-state index < -0.39 is 0 Å². The van der Waals surface area contributed by atoms with Crippen LogP contribution in [0.2, 0.25) is 0 Å². The summed E-state index contributed by atoms with van der Waals surface area (Å²) in [5.41, 5.74) is 0. The summed E-state index contributed by atoms with van der Waals surface area (Å²) in [5.74, 6) is 0.0136. The van der Waals surface area contributed by atoms with Gasteiger partial charge in [-0.3, -0.25) is 9.69 Å². The normalized spacial score (nSPS) is 26.5. The lowest BCUT2D eigenvalue weighted by atomic mass is 10.1. The van der Waals surface area contributed by atoms with Crippen LogP contribution in [0.3, 0.4) is 0 Å². The first-order valence-electron chi connectivity index (χ1n) is 6.62. The van der Waals surface area contributed by atoms with Crippen LogP contribution in [0.5, 0.6) is 0 Å². The molecule has 0 saturated carbocycles. The second kappa shape index (κ2) is 6.77. The first-order chi connectivity index (χ1) is 8.34. The van der Waals surface area contributed by atoms with Gasteiger partial charge in [-0.1, -0.05) is 6.08 Å². The van der Waals surface area contributed by atoms with Crippen molar-refractivity contribution in [2.75, 3.05) is 32.8 Å². The van der Waals surface area contributed by atoms with Crippen molar-refractivity contribution >= 4 is 5.91 Å². The fourth-order valence-corrected chi connectivity index (χ4v) is 2.38. The average molecular weight is 238 g/mol. The molecule has 4 nitrogen and oxygen atoms in total. The van der Waals surface area contributed by atoms with Crippen molar-refractivity contribution in [1.82, 2.24) is 10.2 Å². The highest BCUT2D eigenvalue weighted by Gasteiger charge is 2.14. The molecule has 2 fully saturated rings. The highest BCUT2D eigenvalue weighted by atomic mass is 16.5. The fraction of sp³-hybridized carbons (Fsp3) is 0.769. The van der Waals surface area contributed by atoms with Crippen LogP contribution in [-0.2, 0) is 9.53 Å². The summed E-state index contributed by atoms with van der Waals surface area (Å²) in [4.78, 5) is 14.0.